The zero-order chi connectivity index (χ0) is 18.2. The first-order valence-corrected chi connectivity index (χ1v) is 9.82. The van der Waals surface area contributed by atoms with Crippen LogP contribution in [0.4, 0.5) is 0 Å². The molecule has 5 heteroatoms. The highest BCUT2D eigenvalue weighted by Gasteiger charge is 2.20. The van der Waals surface area contributed by atoms with Crippen molar-refractivity contribution in [2.45, 2.75) is 32.6 Å². The Morgan fingerprint density at radius 2 is 1.77 bits per heavy atom. The van der Waals surface area contributed by atoms with Crippen molar-refractivity contribution in [2.75, 3.05) is 39.3 Å². The van der Waals surface area contributed by atoms with Crippen LogP contribution in [0.5, 0.6) is 0 Å². The van der Waals surface area contributed by atoms with Crippen LogP contribution in [0.1, 0.15) is 38.2 Å². The molecule has 0 atom stereocenters. The van der Waals surface area contributed by atoms with Gasteiger partial charge in [0.05, 0.1) is 0 Å². The van der Waals surface area contributed by atoms with Crippen molar-refractivity contribution in [2.24, 2.45) is 4.99 Å². The Kier molecular flexibility index (Phi) is 6.69. The van der Waals surface area contributed by atoms with Gasteiger partial charge in [0.1, 0.15) is 6.54 Å². The molecule has 1 aromatic rings. The molecule has 1 amide bonds. The van der Waals surface area contributed by atoms with Gasteiger partial charge in [-0.25, -0.2) is 4.99 Å². The Hall–Kier alpha value is -2.30. The summed E-state index contributed by atoms with van der Waals surface area (Å²) in [6.45, 7) is 6.82. The third-order valence-electron chi connectivity index (χ3n) is 5.03. The van der Waals surface area contributed by atoms with Crippen LogP contribution in [-0.2, 0) is 4.79 Å². The van der Waals surface area contributed by atoms with Gasteiger partial charge in [0.2, 0.25) is 5.91 Å². The van der Waals surface area contributed by atoms with Gasteiger partial charge in [-0.1, -0.05) is 42.0 Å². The van der Waals surface area contributed by atoms with Crippen molar-refractivity contribution >= 4 is 17.9 Å². The lowest BCUT2D eigenvalue weighted by Crippen LogP contribution is -2.45. The van der Waals surface area contributed by atoms with Crippen molar-refractivity contribution in [1.82, 2.24) is 15.1 Å². The van der Waals surface area contributed by atoms with Gasteiger partial charge in [-0.3, -0.25) is 4.79 Å². The van der Waals surface area contributed by atoms with Crippen molar-refractivity contribution in [3.63, 3.8) is 0 Å². The normalized spacial score (nSPS) is 18.2. The maximum atomic E-state index is 12.3. The minimum Gasteiger partial charge on any atom is -0.357 e. The van der Waals surface area contributed by atoms with E-state index in [1.165, 1.54) is 11.1 Å². The predicted octanol–water partition coefficient (Wildman–Crippen LogP) is 2.75. The summed E-state index contributed by atoms with van der Waals surface area (Å²) in [6.07, 6.45) is 6.63. The van der Waals surface area contributed by atoms with Crippen LogP contribution in [0.2, 0.25) is 0 Å². The third-order valence-corrected chi connectivity index (χ3v) is 5.03. The minimum absolute atomic E-state index is 0.152. The lowest BCUT2D eigenvalue weighted by molar-refractivity contribution is -0.128. The van der Waals surface area contributed by atoms with Crippen LogP contribution in [0.3, 0.4) is 0 Å². The maximum absolute atomic E-state index is 12.3. The number of amides is 1. The number of nitrogens with one attached hydrogen (secondary N) is 1. The molecule has 0 radical (unpaired) electrons. The van der Waals surface area contributed by atoms with Gasteiger partial charge >= 0.3 is 0 Å². The van der Waals surface area contributed by atoms with Crippen LogP contribution >= 0.6 is 0 Å². The van der Waals surface area contributed by atoms with Crippen LogP contribution in [0, 0.1) is 0 Å². The Morgan fingerprint density at radius 1 is 1.08 bits per heavy atom. The molecule has 2 aliphatic rings. The number of benzene rings is 1. The summed E-state index contributed by atoms with van der Waals surface area (Å²) >= 11 is 0. The van der Waals surface area contributed by atoms with Crippen LogP contribution in [0.15, 0.2) is 40.9 Å². The number of carbonyl (C=O) groups is 1. The van der Waals surface area contributed by atoms with Crippen LogP contribution < -0.4 is 5.32 Å². The number of hydrogen-bond acceptors (Lipinski definition) is 2. The molecular weight excluding hydrogens is 324 g/mol. The zero-order valence-corrected chi connectivity index (χ0v) is 15.8. The number of carbonyl (C=O) groups excluding carboxylic acids is 1. The summed E-state index contributed by atoms with van der Waals surface area (Å²) < 4.78 is 0. The Balaban J connectivity index is 1.56. The standard InChI is InChI=1S/C21H30N4O/c1-2-22-21(23-17-20(26)24-12-6-7-13-24)25-14-10-19(11-15-25)16-18-8-4-3-5-9-18/h3-5,8-9,16H,2,6-7,10-15,17H2,1H3,(H,22,23). The first kappa shape index (κ1) is 18.5. The molecule has 0 spiro atoms. The van der Waals surface area contributed by atoms with Gasteiger partial charge in [-0.05, 0) is 38.2 Å². The molecular formula is C21H30N4O. The van der Waals surface area contributed by atoms with Gasteiger partial charge in [0, 0.05) is 32.7 Å². The second kappa shape index (κ2) is 9.41. The van der Waals surface area contributed by atoms with Gasteiger partial charge < -0.3 is 15.1 Å². The topological polar surface area (TPSA) is 47.9 Å². The number of aliphatic imine (C=N–C) groups is 1. The largest absolute Gasteiger partial charge is 0.357 e. The van der Waals surface area contributed by atoms with Crippen LogP contribution in [0.25, 0.3) is 6.08 Å². The Labute approximate surface area is 156 Å². The SMILES string of the molecule is CCNC(=NCC(=O)N1CCCC1)N1CCC(=Cc2ccccc2)CC1. The van der Waals surface area contributed by atoms with E-state index in [9.17, 15) is 4.79 Å². The summed E-state index contributed by atoms with van der Waals surface area (Å²) in [4.78, 5) is 21.1. The summed E-state index contributed by atoms with van der Waals surface area (Å²) in [5.74, 6) is 1.03. The summed E-state index contributed by atoms with van der Waals surface area (Å²) in [5, 5.41) is 3.35. The smallest absolute Gasteiger partial charge is 0.244 e. The average Bonchev–Trinajstić information content (AvgIpc) is 3.21. The summed E-state index contributed by atoms with van der Waals surface area (Å²) in [6, 6.07) is 10.5. The van der Waals surface area contributed by atoms with E-state index in [1.807, 2.05) is 11.0 Å². The van der Waals surface area contributed by atoms with E-state index < -0.39 is 0 Å². The zero-order valence-electron chi connectivity index (χ0n) is 15.8. The molecule has 0 unspecified atom stereocenters. The molecule has 2 fully saturated rings. The highest BCUT2D eigenvalue weighted by Crippen LogP contribution is 2.19. The molecule has 140 valence electrons. The second-order valence-corrected chi connectivity index (χ2v) is 6.96. The van der Waals surface area contributed by atoms with E-state index in [2.05, 4.69) is 52.5 Å². The fourth-order valence-electron chi connectivity index (χ4n) is 3.57. The minimum atomic E-state index is 0.152. The summed E-state index contributed by atoms with van der Waals surface area (Å²) in [7, 11) is 0. The van der Waals surface area contributed by atoms with E-state index in [0.29, 0.717) is 0 Å². The third kappa shape index (κ3) is 5.10. The quantitative estimate of drug-likeness (QED) is 0.668. The number of nitrogens with zero attached hydrogens (tertiary/aromatic N) is 3. The molecule has 26 heavy (non-hydrogen) atoms. The van der Waals surface area contributed by atoms with Crippen molar-refractivity contribution in [1.29, 1.82) is 0 Å². The molecule has 0 saturated carbocycles. The maximum Gasteiger partial charge on any atom is 0.244 e. The fourth-order valence-corrected chi connectivity index (χ4v) is 3.57. The highest BCUT2D eigenvalue weighted by atomic mass is 16.2. The van der Waals surface area contributed by atoms with E-state index in [1.54, 1.807) is 0 Å². The van der Waals surface area contributed by atoms with E-state index in [-0.39, 0.29) is 12.5 Å². The molecule has 2 heterocycles. The number of likely N-dealkylation sites (tertiary alicyclic amines) is 2. The summed E-state index contributed by atoms with van der Waals surface area (Å²) in [5.41, 5.74) is 2.75. The molecule has 0 bridgehead atoms. The average molecular weight is 354 g/mol. The number of hydrogen-bond donors (Lipinski definition) is 1. The lowest BCUT2D eigenvalue weighted by atomic mass is 10.0. The van der Waals surface area contributed by atoms with E-state index >= 15 is 0 Å². The molecule has 1 aromatic carbocycles. The highest BCUT2D eigenvalue weighted by molar-refractivity contribution is 5.85. The first-order valence-electron chi connectivity index (χ1n) is 9.82. The van der Waals surface area contributed by atoms with E-state index in [4.69, 9.17) is 0 Å². The monoisotopic (exact) mass is 354 g/mol. The predicted molar refractivity (Wildman–Crippen MR) is 107 cm³/mol. The van der Waals surface area contributed by atoms with Crippen molar-refractivity contribution < 1.29 is 4.79 Å². The van der Waals surface area contributed by atoms with Gasteiger partial charge in [-0.2, -0.15) is 0 Å². The number of guanidine groups is 1. The number of rotatable bonds is 4. The molecule has 0 aliphatic carbocycles. The molecule has 2 aliphatic heterocycles. The van der Waals surface area contributed by atoms with Gasteiger partial charge in [-0.15, -0.1) is 0 Å². The lowest BCUT2D eigenvalue weighted by Gasteiger charge is -2.31. The Morgan fingerprint density at radius 3 is 2.42 bits per heavy atom. The number of piperidine rings is 1. The van der Waals surface area contributed by atoms with Gasteiger partial charge in [0.25, 0.3) is 0 Å². The second-order valence-electron chi connectivity index (χ2n) is 6.96. The molecule has 1 N–H and O–H groups in total. The van der Waals surface area contributed by atoms with Crippen LogP contribution in [-0.4, -0.2) is 60.9 Å². The Bertz CT molecular complexity index is 637. The molecule has 3 rings (SSSR count). The fraction of sp³-hybridized carbons (Fsp3) is 0.524. The first-order chi connectivity index (χ1) is 12.8. The molecule has 2 saturated heterocycles. The van der Waals surface area contributed by atoms with Crippen molar-refractivity contribution in [3.05, 3.63) is 41.5 Å². The molecule has 0 aromatic heterocycles. The van der Waals surface area contributed by atoms with E-state index in [0.717, 1.165) is 64.4 Å². The van der Waals surface area contributed by atoms with Crippen molar-refractivity contribution in [3.8, 4) is 0 Å². The van der Waals surface area contributed by atoms with Gasteiger partial charge in [0.15, 0.2) is 5.96 Å². The molecule has 5 nitrogen and oxygen atoms in total.